The SMILES string of the molecule is C=C(C)C#CC(=C)/C=C\C(=C)C.C=CC.CC. The summed E-state index contributed by atoms with van der Waals surface area (Å²) < 4.78 is 0. The van der Waals surface area contributed by atoms with Crippen molar-refractivity contribution in [3.8, 4) is 11.8 Å². The number of allylic oxidation sites excluding steroid dienone is 6. The first-order chi connectivity index (χ1) is 7.93. The highest BCUT2D eigenvalue weighted by atomic mass is 13.8. The molecule has 0 spiro atoms. The fourth-order valence-electron chi connectivity index (χ4n) is 0.471. The molecule has 0 aliphatic heterocycles. The molecule has 0 saturated carbocycles. The number of rotatable bonds is 2. The van der Waals surface area contributed by atoms with E-state index in [-0.39, 0.29) is 0 Å². The zero-order valence-electron chi connectivity index (χ0n) is 12.1. The minimum atomic E-state index is 0.779. The van der Waals surface area contributed by atoms with Crippen LogP contribution in [0.25, 0.3) is 0 Å². The standard InChI is InChI=1S/C12H14.C3H6.C2H6/c1-10(2)6-8-12(5)9-7-11(3)4;1-3-2;1-2/h6,8H,1,3,5H2,2,4H3;3H,1H2,2H3;1-2H3/b8-6-;;. The molecule has 0 aliphatic carbocycles. The van der Waals surface area contributed by atoms with Crippen LogP contribution in [-0.2, 0) is 0 Å². The van der Waals surface area contributed by atoms with Crippen LogP contribution in [-0.4, -0.2) is 0 Å². The van der Waals surface area contributed by atoms with Crippen LogP contribution in [0.15, 0.2) is 61.3 Å². The smallest absolute Gasteiger partial charge is 0.0177 e. The molecule has 94 valence electrons. The quantitative estimate of drug-likeness (QED) is 0.335. The monoisotopic (exact) mass is 230 g/mol. The first kappa shape index (κ1) is 20.6. The van der Waals surface area contributed by atoms with Gasteiger partial charge in [-0.3, -0.25) is 0 Å². The molecule has 17 heavy (non-hydrogen) atoms. The summed E-state index contributed by atoms with van der Waals surface area (Å²) in [5, 5.41) is 0. The van der Waals surface area contributed by atoms with Gasteiger partial charge in [0.2, 0.25) is 0 Å². The average Bonchev–Trinajstić information content (AvgIpc) is 2.27. The van der Waals surface area contributed by atoms with Crippen molar-refractivity contribution in [1.82, 2.24) is 0 Å². The molecule has 0 aliphatic rings. The van der Waals surface area contributed by atoms with Crippen LogP contribution in [0.4, 0.5) is 0 Å². The van der Waals surface area contributed by atoms with Crippen LogP contribution in [0, 0.1) is 11.8 Å². The largest absolute Gasteiger partial charge is 0.103 e. The minimum Gasteiger partial charge on any atom is -0.103 e. The van der Waals surface area contributed by atoms with Crippen molar-refractivity contribution in [1.29, 1.82) is 0 Å². The lowest BCUT2D eigenvalue weighted by atomic mass is 10.2. The Morgan fingerprint density at radius 3 is 1.65 bits per heavy atom. The van der Waals surface area contributed by atoms with E-state index >= 15 is 0 Å². The Labute approximate surface area is 108 Å². The maximum absolute atomic E-state index is 3.76. The Hall–Kier alpha value is -1.74. The molecule has 0 amide bonds. The maximum atomic E-state index is 3.76. The van der Waals surface area contributed by atoms with Gasteiger partial charge in [-0.25, -0.2) is 0 Å². The van der Waals surface area contributed by atoms with Crippen LogP contribution in [0.1, 0.15) is 34.6 Å². The van der Waals surface area contributed by atoms with Crippen molar-refractivity contribution >= 4 is 0 Å². The first-order valence-corrected chi connectivity index (χ1v) is 5.71. The lowest BCUT2D eigenvalue weighted by Gasteiger charge is -1.86. The first-order valence-electron chi connectivity index (χ1n) is 5.71. The van der Waals surface area contributed by atoms with E-state index in [4.69, 9.17) is 0 Å². The van der Waals surface area contributed by atoms with Gasteiger partial charge >= 0.3 is 0 Å². The topological polar surface area (TPSA) is 0 Å². The summed E-state index contributed by atoms with van der Waals surface area (Å²) in [6, 6.07) is 0. The van der Waals surface area contributed by atoms with E-state index in [9.17, 15) is 0 Å². The van der Waals surface area contributed by atoms with E-state index in [0.29, 0.717) is 0 Å². The molecule has 0 radical (unpaired) electrons. The van der Waals surface area contributed by atoms with Gasteiger partial charge in [0.05, 0.1) is 0 Å². The molecule has 0 unspecified atom stereocenters. The normalized spacial score (nSPS) is 7.35. The van der Waals surface area contributed by atoms with Crippen LogP contribution in [0.5, 0.6) is 0 Å². The molecular formula is C17H26. The lowest BCUT2D eigenvalue weighted by Crippen LogP contribution is -1.69. The van der Waals surface area contributed by atoms with E-state index in [0.717, 1.165) is 16.7 Å². The van der Waals surface area contributed by atoms with Crippen LogP contribution in [0.2, 0.25) is 0 Å². The molecular weight excluding hydrogens is 204 g/mol. The summed E-state index contributed by atoms with van der Waals surface area (Å²) in [4.78, 5) is 0. The van der Waals surface area contributed by atoms with Crippen molar-refractivity contribution in [2.75, 3.05) is 0 Å². The second-order valence-electron chi connectivity index (χ2n) is 3.14. The van der Waals surface area contributed by atoms with Gasteiger partial charge in [0.15, 0.2) is 0 Å². The van der Waals surface area contributed by atoms with Gasteiger partial charge < -0.3 is 0 Å². The van der Waals surface area contributed by atoms with Gasteiger partial charge in [0, 0.05) is 5.57 Å². The fraction of sp³-hybridized carbons (Fsp3) is 0.294. The molecule has 0 aromatic rings. The van der Waals surface area contributed by atoms with E-state index in [1.165, 1.54) is 0 Å². The zero-order valence-corrected chi connectivity index (χ0v) is 12.1. The Bertz CT molecular complexity index is 327. The van der Waals surface area contributed by atoms with Gasteiger partial charge in [-0.2, -0.15) is 0 Å². The Morgan fingerprint density at radius 1 is 0.941 bits per heavy atom. The predicted molar refractivity (Wildman–Crippen MR) is 82.9 cm³/mol. The molecule has 0 nitrogen and oxygen atoms in total. The summed E-state index contributed by atoms with van der Waals surface area (Å²) in [5.74, 6) is 5.71. The Morgan fingerprint density at radius 2 is 1.35 bits per heavy atom. The molecule has 0 saturated heterocycles. The highest BCUT2D eigenvalue weighted by molar-refractivity contribution is 5.41. The molecule has 0 aromatic heterocycles. The van der Waals surface area contributed by atoms with E-state index in [1.54, 1.807) is 6.08 Å². The molecule has 0 fully saturated rings. The number of hydrogen-bond donors (Lipinski definition) is 0. The summed E-state index contributed by atoms with van der Waals surface area (Å²) in [6.07, 6.45) is 5.48. The van der Waals surface area contributed by atoms with Crippen LogP contribution >= 0.6 is 0 Å². The summed E-state index contributed by atoms with van der Waals surface area (Å²) in [6.45, 7) is 24.2. The lowest BCUT2D eigenvalue weighted by molar-refractivity contribution is 1.50. The highest BCUT2D eigenvalue weighted by Gasteiger charge is 1.79. The van der Waals surface area contributed by atoms with E-state index in [2.05, 4.69) is 38.2 Å². The number of hydrogen-bond acceptors (Lipinski definition) is 0. The molecule has 0 aromatic carbocycles. The third kappa shape index (κ3) is 31.4. The van der Waals surface area contributed by atoms with Crippen LogP contribution < -0.4 is 0 Å². The molecule has 0 heterocycles. The van der Waals surface area contributed by atoms with E-state index in [1.807, 2.05) is 46.8 Å². The summed E-state index contributed by atoms with van der Waals surface area (Å²) >= 11 is 0. The van der Waals surface area contributed by atoms with Gasteiger partial charge in [-0.05, 0) is 32.4 Å². The summed E-state index contributed by atoms with van der Waals surface area (Å²) in [7, 11) is 0. The van der Waals surface area contributed by atoms with Gasteiger partial charge in [-0.15, -0.1) is 6.58 Å². The predicted octanol–water partition coefficient (Wildman–Crippen LogP) is 5.47. The van der Waals surface area contributed by atoms with Crippen molar-refractivity contribution in [3.05, 3.63) is 61.3 Å². The van der Waals surface area contributed by atoms with E-state index < -0.39 is 0 Å². The fourth-order valence-corrected chi connectivity index (χ4v) is 0.471. The average molecular weight is 230 g/mol. The Balaban J connectivity index is -0.000000337. The Kier molecular flexibility index (Phi) is 20.3. The second kappa shape index (κ2) is 16.7. The molecule has 0 heteroatoms. The van der Waals surface area contributed by atoms with Gasteiger partial charge in [0.25, 0.3) is 0 Å². The van der Waals surface area contributed by atoms with Crippen molar-refractivity contribution in [2.24, 2.45) is 0 Å². The summed E-state index contributed by atoms with van der Waals surface area (Å²) in [5.41, 5.74) is 2.62. The van der Waals surface area contributed by atoms with Crippen molar-refractivity contribution in [2.45, 2.75) is 34.6 Å². The second-order valence-corrected chi connectivity index (χ2v) is 3.14. The minimum absolute atomic E-state index is 0.779. The molecule has 0 atom stereocenters. The zero-order chi connectivity index (χ0) is 14.3. The molecule has 0 rings (SSSR count). The maximum Gasteiger partial charge on any atom is 0.0177 e. The van der Waals surface area contributed by atoms with Crippen LogP contribution in [0.3, 0.4) is 0 Å². The molecule has 0 N–H and O–H groups in total. The van der Waals surface area contributed by atoms with Crippen molar-refractivity contribution < 1.29 is 0 Å². The van der Waals surface area contributed by atoms with Crippen molar-refractivity contribution in [3.63, 3.8) is 0 Å². The van der Waals surface area contributed by atoms with Gasteiger partial charge in [0.1, 0.15) is 0 Å². The van der Waals surface area contributed by atoms with Gasteiger partial charge in [-0.1, -0.05) is 63.2 Å². The third-order valence-electron chi connectivity index (χ3n) is 1.01. The third-order valence-corrected chi connectivity index (χ3v) is 1.01. The highest BCUT2D eigenvalue weighted by Crippen LogP contribution is 1.96. The molecule has 0 bridgehead atoms.